The zero-order valence-corrected chi connectivity index (χ0v) is 12.0. The molecule has 1 aromatic rings. The lowest BCUT2D eigenvalue weighted by Gasteiger charge is -2.21. The van der Waals surface area contributed by atoms with Crippen LogP contribution in [0.25, 0.3) is 0 Å². The second kappa shape index (κ2) is 6.20. The fourth-order valence-electron chi connectivity index (χ4n) is 2.36. The summed E-state index contributed by atoms with van der Waals surface area (Å²) in [6, 6.07) is 8.58. The molecule has 3 heteroatoms. The molecule has 19 heavy (non-hydrogen) atoms. The summed E-state index contributed by atoms with van der Waals surface area (Å²) in [5, 5.41) is 3.41. The Morgan fingerprint density at radius 2 is 2.00 bits per heavy atom. The molecule has 0 amide bonds. The molecule has 2 unspecified atom stereocenters. The third-order valence-corrected chi connectivity index (χ3v) is 3.87. The van der Waals surface area contributed by atoms with E-state index in [1.165, 1.54) is 18.2 Å². The highest BCUT2D eigenvalue weighted by Gasteiger charge is 2.37. The minimum absolute atomic E-state index is 0.139. The standard InChI is InChI=1S/C16H23NO2/c1-4-12-5-7-13(8-6-12)11(2)17-15(14-9-10-14)16(18)19-3/h5-8,11,14-15,17H,4,9-10H2,1-3H3. The number of nitrogens with one attached hydrogen (secondary N) is 1. The van der Waals surface area contributed by atoms with Gasteiger partial charge in [-0.3, -0.25) is 10.1 Å². The lowest BCUT2D eigenvalue weighted by molar-refractivity contribution is -0.144. The van der Waals surface area contributed by atoms with Gasteiger partial charge >= 0.3 is 5.97 Å². The zero-order chi connectivity index (χ0) is 13.8. The van der Waals surface area contributed by atoms with E-state index in [2.05, 4.69) is 43.4 Å². The van der Waals surface area contributed by atoms with Gasteiger partial charge in [0.05, 0.1) is 7.11 Å². The molecule has 0 radical (unpaired) electrons. The lowest BCUT2D eigenvalue weighted by Crippen LogP contribution is -2.40. The van der Waals surface area contributed by atoms with E-state index in [0.717, 1.165) is 19.3 Å². The highest BCUT2D eigenvalue weighted by atomic mass is 16.5. The molecule has 0 heterocycles. The maximum absolute atomic E-state index is 11.8. The van der Waals surface area contributed by atoms with Crippen molar-refractivity contribution in [1.82, 2.24) is 5.32 Å². The highest BCUT2D eigenvalue weighted by Crippen LogP contribution is 2.34. The molecule has 1 fully saturated rings. The van der Waals surface area contributed by atoms with Crippen LogP contribution in [0.5, 0.6) is 0 Å². The maximum atomic E-state index is 11.8. The second-order valence-corrected chi connectivity index (χ2v) is 5.32. The molecule has 2 atom stereocenters. The van der Waals surface area contributed by atoms with Crippen molar-refractivity contribution in [2.45, 2.75) is 45.2 Å². The summed E-state index contributed by atoms with van der Waals surface area (Å²) >= 11 is 0. The van der Waals surface area contributed by atoms with Crippen LogP contribution in [0.15, 0.2) is 24.3 Å². The van der Waals surface area contributed by atoms with Crippen molar-refractivity contribution in [2.75, 3.05) is 7.11 Å². The summed E-state index contributed by atoms with van der Waals surface area (Å²) in [5.74, 6) is 0.310. The van der Waals surface area contributed by atoms with Crippen LogP contribution in [0.4, 0.5) is 0 Å². The number of hydrogen-bond acceptors (Lipinski definition) is 3. The predicted molar refractivity (Wildman–Crippen MR) is 75.9 cm³/mol. The predicted octanol–water partition coefficient (Wildman–Crippen LogP) is 2.85. The van der Waals surface area contributed by atoms with Gasteiger partial charge in [0.25, 0.3) is 0 Å². The minimum Gasteiger partial charge on any atom is -0.468 e. The summed E-state index contributed by atoms with van der Waals surface area (Å²) < 4.78 is 4.89. The third kappa shape index (κ3) is 3.57. The molecule has 1 N–H and O–H groups in total. The summed E-state index contributed by atoms with van der Waals surface area (Å²) in [6.07, 6.45) is 3.29. The van der Waals surface area contributed by atoms with E-state index < -0.39 is 0 Å². The number of methoxy groups -OCH3 is 1. The van der Waals surface area contributed by atoms with Crippen LogP contribution in [-0.4, -0.2) is 19.1 Å². The Balaban J connectivity index is 2.01. The molecule has 104 valence electrons. The number of carbonyl (C=O) groups excluding carboxylic acids is 1. The van der Waals surface area contributed by atoms with E-state index in [0.29, 0.717) is 5.92 Å². The molecular formula is C16H23NO2. The van der Waals surface area contributed by atoms with E-state index in [1.807, 2.05) is 0 Å². The van der Waals surface area contributed by atoms with Crippen molar-refractivity contribution in [3.05, 3.63) is 35.4 Å². The first kappa shape index (κ1) is 14.1. The maximum Gasteiger partial charge on any atom is 0.323 e. The Morgan fingerprint density at radius 1 is 1.37 bits per heavy atom. The van der Waals surface area contributed by atoms with Gasteiger partial charge in [0, 0.05) is 6.04 Å². The van der Waals surface area contributed by atoms with Gasteiger partial charge in [-0.1, -0.05) is 31.2 Å². The Bertz CT molecular complexity index is 423. The summed E-state index contributed by atoms with van der Waals surface area (Å²) in [7, 11) is 1.46. The molecule has 0 saturated heterocycles. The second-order valence-electron chi connectivity index (χ2n) is 5.32. The Morgan fingerprint density at radius 3 is 2.47 bits per heavy atom. The number of ether oxygens (including phenoxy) is 1. The summed E-state index contributed by atoms with van der Waals surface area (Å²) in [4.78, 5) is 11.8. The molecule has 1 saturated carbocycles. The third-order valence-electron chi connectivity index (χ3n) is 3.87. The van der Waals surface area contributed by atoms with Crippen molar-refractivity contribution < 1.29 is 9.53 Å². The van der Waals surface area contributed by atoms with E-state index in [-0.39, 0.29) is 18.1 Å². The lowest BCUT2D eigenvalue weighted by atomic mass is 10.0. The average molecular weight is 261 g/mol. The Hall–Kier alpha value is -1.35. The molecule has 1 aromatic carbocycles. The quantitative estimate of drug-likeness (QED) is 0.800. The van der Waals surface area contributed by atoms with Crippen LogP contribution >= 0.6 is 0 Å². The van der Waals surface area contributed by atoms with Crippen LogP contribution in [0.1, 0.15) is 43.9 Å². The molecule has 1 aliphatic rings. The van der Waals surface area contributed by atoms with Gasteiger partial charge in [-0.15, -0.1) is 0 Å². The van der Waals surface area contributed by atoms with Gasteiger partial charge < -0.3 is 4.74 Å². The van der Waals surface area contributed by atoms with Crippen LogP contribution in [0.3, 0.4) is 0 Å². The van der Waals surface area contributed by atoms with Gasteiger partial charge in [0.15, 0.2) is 0 Å². The molecule has 3 nitrogen and oxygen atoms in total. The van der Waals surface area contributed by atoms with Gasteiger partial charge in [0.1, 0.15) is 6.04 Å². The first-order valence-electron chi connectivity index (χ1n) is 7.08. The highest BCUT2D eigenvalue weighted by molar-refractivity contribution is 5.76. The summed E-state index contributed by atoms with van der Waals surface area (Å²) in [5.41, 5.74) is 2.55. The number of benzene rings is 1. The topological polar surface area (TPSA) is 38.3 Å². The van der Waals surface area contributed by atoms with E-state index in [1.54, 1.807) is 0 Å². The van der Waals surface area contributed by atoms with E-state index in [4.69, 9.17) is 4.74 Å². The van der Waals surface area contributed by atoms with Crippen LogP contribution < -0.4 is 5.32 Å². The molecule has 0 bridgehead atoms. The van der Waals surface area contributed by atoms with Crippen molar-refractivity contribution in [3.63, 3.8) is 0 Å². The fourth-order valence-corrected chi connectivity index (χ4v) is 2.36. The van der Waals surface area contributed by atoms with Crippen LogP contribution in [0, 0.1) is 5.92 Å². The van der Waals surface area contributed by atoms with Crippen molar-refractivity contribution in [1.29, 1.82) is 0 Å². The Kier molecular flexibility index (Phi) is 4.59. The van der Waals surface area contributed by atoms with Crippen LogP contribution in [0.2, 0.25) is 0 Å². The van der Waals surface area contributed by atoms with Crippen molar-refractivity contribution in [2.24, 2.45) is 5.92 Å². The molecule has 0 spiro atoms. The summed E-state index contributed by atoms with van der Waals surface area (Å²) in [6.45, 7) is 4.25. The SMILES string of the molecule is CCc1ccc(C(C)NC(C(=O)OC)C2CC2)cc1. The molecular weight excluding hydrogens is 238 g/mol. The van der Waals surface area contributed by atoms with Gasteiger partial charge in [-0.25, -0.2) is 0 Å². The van der Waals surface area contributed by atoms with Gasteiger partial charge in [0.2, 0.25) is 0 Å². The normalized spacial score (nSPS) is 17.8. The number of aryl methyl sites for hydroxylation is 1. The smallest absolute Gasteiger partial charge is 0.323 e. The van der Waals surface area contributed by atoms with Gasteiger partial charge in [-0.05, 0) is 43.2 Å². The first-order valence-corrected chi connectivity index (χ1v) is 7.08. The minimum atomic E-state index is -0.161. The van der Waals surface area contributed by atoms with E-state index >= 15 is 0 Å². The number of rotatable bonds is 6. The van der Waals surface area contributed by atoms with Crippen molar-refractivity contribution in [3.8, 4) is 0 Å². The number of hydrogen-bond donors (Lipinski definition) is 1. The average Bonchev–Trinajstić information content (AvgIpc) is 3.28. The molecule has 0 aliphatic heterocycles. The monoisotopic (exact) mass is 261 g/mol. The van der Waals surface area contributed by atoms with E-state index in [9.17, 15) is 4.79 Å². The molecule has 0 aromatic heterocycles. The fraction of sp³-hybridized carbons (Fsp3) is 0.562. The zero-order valence-electron chi connectivity index (χ0n) is 12.0. The largest absolute Gasteiger partial charge is 0.468 e. The van der Waals surface area contributed by atoms with Crippen molar-refractivity contribution >= 4 is 5.97 Å². The van der Waals surface area contributed by atoms with Gasteiger partial charge in [-0.2, -0.15) is 0 Å². The Labute approximate surface area is 115 Å². The number of carbonyl (C=O) groups is 1. The first-order chi connectivity index (χ1) is 9.15. The van der Waals surface area contributed by atoms with Crippen LogP contribution in [-0.2, 0) is 16.0 Å². The molecule has 2 rings (SSSR count). The molecule has 1 aliphatic carbocycles. The number of esters is 1.